The van der Waals surface area contributed by atoms with Crippen molar-refractivity contribution in [1.82, 2.24) is 0 Å². The molecule has 2 heteroatoms. The molecule has 44 valence electrons. The summed E-state index contributed by atoms with van der Waals surface area (Å²) in [5.41, 5.74) is 0. The fourth-order valence-corrected chi connectivity index (χ4v) is 0.912. The maximum atomic E-state index is 2.30. The Labute approximate surface area is 88.2 Å². The molecule has 0 spiro atoms. The van der Waals surface area contributed by atoms with Crippen LogP contribution in [0.4, 0.5) is 0 Å². The SMILES string of the molecule is CCCCC[CH-]I.[Na+]. The van der Waals surface area contributed by atoms with Crippen LogP contribution < -0.4 is 29.6 Å². The number of hydrogen-bond acceptors (Lipinski definition) is 0. The van der Waals surface area contributed by atoms with Crippen LogP contribution in [0.2, 0.25) is 0 Å². The maximum Gasteiger partial charge on any atom is 1.00 e. The third kappa shape index (κ3) is 10.7. The summed E-state index contributed by atoms with van der Waals surface area (Å²) in [6.07, 6.45) is 5.39. The molecule has 0 saturated carbocycles. The second-order valence-corrected chi connectivity index (χ2v) is 2.53. The van der Waals surface area contributed by atoms with Gasteiger partial charge in [0.1, 0.15) is 0 Å². The number of rotatable bonds is 4. The molecule has 0 aromatic carbocycles. The molecule has 0 bridgehead atoms. The summed E-state index contributed by atoms with van der Waals surface area (Å²) in [5, 5.41) is 0. The molecule has 0 saturated heterocycles. The quantitative estimate of drug-likeness (QED) is 0.281. The minimum Gasteiger partial charge on any atom is -0.316 e. The van der Waals surface area contributed by atoms with E-state index in [0.29, 0.717) is 0 Å². The van der Waals surface area contributed by atoms with Gasteiger partial charge in [-0.15, -0.1) is 0 Å². The summed E-state index contributed by atoms with van der Waals surface area (Å²) in [4.78, 5) is 0. The van der Waals surface area contributed by atoms with Crippen molar-refractivity contribution in [3.8, 4) is 0 Å². The van der Waals surface area contributed by atoms with Gasteiger partial charge in [0.05, 0.1) is 0 Å². The molecule has 0 heterocycles. The normalized spacial score (nSPS) is 8.25. The zero-order valence-corrected chi connectivity index (χ0v) is 9.94. The van der Waals surface area contributed by atoms with E-state index >= 15 is 0 Å². The van der Waals surface area contributed by atoms with Crippen molar-refractivity contribution >= 4 is 22.6 Å². The third-order valence-corrected chi connectivity index (χ3v) is 1.54. The fraction of sp³-hybridized carbons (Fsp3) is 0.833. The smallest absolute Gasteiger partial charge is 0.316 e. The fourth-order valence-electron chi connectivity index (χ4n) is 0.471. The van der Waals surface area contributed by atoms with Crippen LogP contribution in [0.5, 0.6) is 0 Å². The second-order valence-electron chi connectivity index (χ2n) is 1.65. The van der Waals surface area contributed by atoms with E-state index in [1.165, 1.54) is 25.7 Å². The van der Waals surface area contributed by atoms with Crippen molar-refractivity contribution in [3.63, 3.8) is 0 Å². The van der Waals surface area contributed by atoms with Gasteiger partial charge in [-0.05, 0) is 0 Å². The predicted molar refractivity (Wildman–Crippen MR) is 42.5 cm³/mol. The number of halogens is 1. The Morgan fingerprint density at radius 1 is 1.38 bits per heavy atom. The van der Waals surface area contributed by atoms with Gasteiger partial charge < -0.3 is 22.6 Å². The van der Waals surface area contributed by atoms with E-state index in [4.69, 9.17) is 0 Å². The predicted octanol–water partition coefficient (Wildman–Crippen LogP) is 0.167. The van der Waals surface area contributed by atoms with Crippen molar-refractivity contribution in [2.24, 2.45) is 0 Å². The van der Waals surface area contributed by atoms with Gasteiger partial charge in [-0.3, -0.25) is 4.43 Å². The maximum absolute atomic E-state index is 2.30. The van der Waals surface area contributed by atoms with Crippen molar-refractivity contribution < 1.29 is 29.6 Å². The second kappa shape index (κ2) is 11.5. The van der Waals surface area contributed by atoms with E-state index < -0.39 is 0 Å². The van der Waals surface area contributed by atoms with E-state index in [1.807, 2.05) is 0 Å². The van der Waals surface area contributed by atoms with E-state index in [9.17, 15) is 0 Å². The van der Waals surface area contributed by atoms with Gasteiger partial charge in [-0.25, -0.2) is 0 Å². The molecule has 0 aliphatic carbocycles. The van der Waals surface area contributed by atoms with Crippen LogP contribution >= 0.6 is 22.6 Å². The molecule has 0 aliphatic heterocycles. The Hall–Kier alpha value is 1.73. The third-order valence-electron chi connectivity index (χ3n) is 0.917. The molecule has 0 nitrogen and oxygen atoms in total. The molecule has 0 unspecified atom stereocenters. The molecular weight excluding hydrogens is 222 g/mol. The minimum atomic E-state index is 0. The number of hydrogen-bond donors (Lipinski definition) is 0. The van der Waals surface area contributed by atoms with Gasteiger partial charge in [-0.1, -0.05) is 26.2 Å². The average Bonchev–Trinajstić information content (AvgIpc) is 1.69. The summed E-state index contributed by atoms with van der Waals surface area (Å²) in [6.45, 7) is 2.23. The van der Waals surface area contributed by atoms with E-state index in [1.54, 1.807) is 0 Å². The Kier molecular flexibility index (Phi) is 17.9. The summed E-state index contributed by atoms with van der Waals surface area (Å²) in [5.74, 6) is 0. The van der Waals surface area contributed by atoms with Crippen LogP contribution in [0.15, 0.2) is 0 Å². The summed E-state index contributed by atoms with van der Waals surface area (Å²) >= 11 is 2.30. The summed E-state index contributed by atoms with van der Waals surface area (Å²) in [6, 6.07) is 0. The Morgan fingerprint density at radius 3 is 2.38 bits per heavy atom. The van der Waals surface area contributed by atoms with Crippen LogP contribution in [-0.2, 0) is 0 Å². The first-order chi connectivity index (χ1) is 3.41. The van der Waals surface area contributed by atoms with Crippen LogP contribution in [0.3, 0.4) is 0 Å². The molecule has 0 fully saturated rings. The van der Waals surface area contributed by atoms with Crippen LogP contribution in [0.25, 0.3) is 0 Å². The average molecular weight is 234 g/mol. The summed E-state index contributed by atoms with van der Waals surface area (Å²) in [7, 11) is 0. The van der Waals surface area contributed by atoms with Crippen LogP contribution in [0, 0.1) is 4.43 Å². The summed E-state index contributed by atoms with van der Waals surface area (Å²) < 4.78 is 2.20. The van der Waals surface area contributed by atoms with E-state index in [0.717, 1.165) is 0 Å². The van der Waals surface area contributed by atoms with E-state index in [2.05, 4.69) is 33.9 Å². The monoisotopic (exact) mass is 234 g/mol. The molecule has 0 aromatic heterocycles. The van der Waals surface area contributed by atoms with Gasteiger partial charge in [0.15, 0.2) is 0 Å². The van der Waals surface area contributed by atoms with Crippen molar-refractivity contribution in [2.45, 2.75) is 32.6 Å². The van der Waals surface area contributed by atoms with Crippen LogP contribution in [-0.4, -0.2) is 0 Å². The van der Waals surface area contributed by atoms with Gasteiger partial charge in [0, 0.05) is 0 Å². The molecule has 8 heavy (non-hydrogen) atoms. The Bertz CT molecular complexity index is 27.7. The molecule has 0 radical (unpaired) electrons. The largest absolute Gasteiger partial charge is 1.00 e. The molecule has 0 aliphatic rings. The first kappa shape index (κ1) is 12.4. The van der Waals surface area contributed by atoms with Crippen molar-refractivity contribution in [3.05, 3.63) is 4.43 Å². The van der Waals surface area contributed by atoms with Gasteiger partial charge >= 0.3 is 29.6 Å². The Morgan fingerprint density at radius 2 is 2.00 bits per heavy atom. The van der Waals surface area contributed by atoms with Gasteiger partial charge in [0.25, 0.3) is 0 Å². The molecule has 0 N–H and O–H groups in total. The molecule has 0 aromatic rings. The molecule has 0 rings (SSSR count). The topological polar surface area (TPSA) is 0 Å². The van der Waals surface area contributed by atoms with Gasteiger partial charge in [0.2, 0.25) is 0 Å². The first-order valence-corrected chi connectivity index (χ1v) is 4.08. The zero-order chi connectivity index (χ0) is 5.54. The first-order valence-electron chi connectivity index (χ1n) is 2.83. The van der Waals surface area contributed by atoms with Crippen molar-refractivity contribution in [2.75, 3.05) is 0 Å². The van der Waals surface area contributed by atoms with E-state index in [-0.39, 0.29) is 29.6 Å². The standard InChI is InChI=1S/C6H12I.Na/c1-2-3-4-5-6-7;/h6H,2-5H2,1H3;/q-1;+1. The Balaban J connectivity index is 0. The molecule has 0 atom stereocenters. The molecular formula is C6H12INa. The van der Waals surface area contributed by atoms with Gasteiger partial charge in [-0.2, -0.15) is 6.42 Å². The number of unbranched alkanes of at least 4 members (excludes halogenated alkanes) is 3. The zero-order valence-electron chi connectivity index (χ0n) is 5.78. The van der Waals surface area contributed by atoms with Crippen LogP contribution in [0.1, 0.15) is 32.6 Å². The molecule has 0 amide bonds. The minimum absolute atomic E-state index is 0. The van der Waals surface area contributed by atoms with Crippen molar-refractivity contribution in [1.29, 1.82) is 0 Å².